The van der Waals surface area contributed by atoms with Crippen LogP contribution in [-0.4, -0.2) is 37.8 Å². The number of hydrogen-bond donors (Lipinski definition) is 1. The predicted molar refractivity (Wildman–Crippen MR) is 104 cm³/mol. The van der Waals surface area contributed by atoms with Gasteiger partial charge in [0.05, 0.1) is 31.5 Å². The maximum absolute atomic E-state index is 12.6. The highest BCUT2D eigenvalue weighted by atomic mass is 32.1. The summed E-state index contributed by atoms with van der Waals surface area (Å²) in [4.78, 5) is 25.8. The molecule has 0 aliphatic heterocycles. The maximum atomic E-state index is 12.6. The number of aromatic nitrogens is 1. The van der Waals surface area contributed by atoms with Crippen LogP contribution in [0.25, 0.3) is 10.2 Å². The largest absolute Gasteiger partial charge is 0.493 e. The first-order valence-electron chi connectivity index (χ1n) is 8.16. The van der Waals surface area contributed by atoms with E-state index in [-0.39, 0.29) is 12.5 Å². The van der Waals surface area contributed by atoms with Crippen LogP contribution in [0.15, 0.2) is 30.3 Å². The molecule has 142 valence electrons. The SMILES string of the molecule is COC(=O)c1cc2sc(C)cc2n1CC(=O)Nc1ccc(OC)c(OC)c1. The first kappa shape index (κ1) is 18.8. The Morgan fingerprint density at radius 3 is 2.48 bits per heavy atom. The van der Waals surface area contributed by atoms with Crippen molar-refractivity contribution < 1.29 is 23.8 Å². The second-order valence-corrected chi connectivity index (χ2v) is 7.12. The van der Waals surface area contributed by atoms with E-state index < -0.39 is 5.97 Å². The van der Waals surface area contributed by atoms with Gasteiger partial charge >= 0.3 is 5.97 Å². The third-order valence-electron chi connectivity index (χ3n) is 4.08. The molecule has 1 aromatic carbocycles. The van der Waals surface area contributed by atoms with Gasteiger partial charge in [-0.05, 0) is 31.2 Å². The van der Waals surface area contributed by atoms with Crippen LogP contribution < -0.4 is 14.8 Å². The van der Waals surface area contributed by atoms with Gasteiger partial charge in [0.2, 0.25) is 5.91 Å². The van der Waals surface area contributed by atoms with Crippen molar-refractivity contribution in [1.29, 1.82) is 0 Å². The molecule has 0 radical (unpaired) electrons. The van der Waals surface area contributed by atoms with E-state index in [1.165, 1.54) is 14.2 Å². The second-order valence-electron chi connectivity index (χ2n) is 5.83. The number of methoxy groups -OCH3 is 3. The Bertz CT molecular complexity index is 1010. The van der Waals surface area contributed by atoms with Gasteiger partial charge in [-0.2, -0.15) is 0 Å². The number of benzene rings is 1. The number of hydrogen-bond acceptors (Lipinski definition) is 6. The molecule has 0 fully saturated rings. The Kier molecular flexibility index (Phi) is 5.36. The van der Waals surface area contributed by atoms with Crippen LogP contribution in [0.2, 0.25) is 0 Å². The highest BCUT2D eigenvalue weighted by Crippen LogP contribution is 2.31. The quantitative estimate of drug-likeness (QED) is 0.655. The van der Waals surface area contributed by atoms with Crippen LogP contribution in [0.1, 0.15) is 15.4 Å². The number of aryl methyl sites for hydroxylation is 1. The van der Waals surface area contributed by atoms with Gasteiger partial charge in [-0.15, -0.1) is 11.3 Å². The summed E-state index contributed by atoms with van der Waals surface area (Å²) in [5.41, 5.74) is 1.75. The first-order chi connectivity index (χ1) is 13.0. The van der Waals surface area contributed by atoms with Crippen LogP contribution >= 0.6 is 11.3 Å². The van der Waals surface area contributed by atoms with Gasteiger partial charge in [-0.3, -0.25) is 4.79 Å². The number of rotatable bonds is 6. The lowest BCUT2D eigenvalue weighted by atomic mass is 10.2. The number of ether oxygens (including phenoxy) is 3. The topological polar surface area (TPSA) is 78.8 Å². The van der Waals surface area contributed by atoms with Crippen molar-refractivity contribution in [2.45, 2.75) is 13.5 Å². The van der Waals surface area contributed by atoms with Gasteiger partial charge in [0, 0.05) is 16.6 Å². The van der Waals surface area contributed by atoms with Gasteiger partial charge in [0.1, 0.15) is 12.2 Å². The van der Waals surface area contributed by atoms with Gasteiger partial charge in [-0.25, -0.2) is 4.79 Å². The van der Waals surface area contributed by atoms with Crippen molar-refractivity contribution in [2.75, 3.05) is 26.6 Å². The number of amides is 1. The van der Waals surface area contributed by atoms with Crippen LogP contribution in [0.3, 0.4) is 0 Å². The fraction of sp³-hybridized carbons (Fsp3) is 0.263. The molecule has 0 saturated carbocycles. The minimum absolute atomic E-state index is 0.0154. The van der Waals surface area contributed by atoms with Gasteiger partial charge in [0.15, 0.2) is 11.5 Å². The minimum Gasteiger partial charge on any atom is -0.493 e. The van der Waals surface area contributed by atoms with E-state index in [1.54, 1.807) is 47.3 Å². The molecule has 1 N–H and O–H groups in total. The van der Waals surface area contributed by atoms with Crippen molar-refractivity contribution in [3.8, 4) is 11.5 Å². The lowest BCUT2D eigenvalue weighted by molar-refractivity contribution is -0.116. The van der Waals surface area contributed by atoms with E-state index in [1.807, 2.05) is 13.0 Å². The molecule has 3 aromatic rings. The zero-order valence-corrected chi connectivity index (χ0v) is 16.3. The molecule has 3 rings (SSSR count). The average molecular weight is 388 g/mol. The first-order valence-corrected chi connectivity index (χ1v) is 8.98. The third-order valence-corrected chi connectivity index (χ3v) is 5.06. The zero-order valence-electron chi connectivity index (χ0n) is 15.5. The Morgan fingerprint density at radius 2 is 1.81 bits per heavy atom. The Balaban J connectivity index is 1.86. The number of fused-ring (bicyclic) bond motifs is 1. The van der Waals surface area contributed by atoms with E-state index in [2.05, 4.69) is 5.32 Å². The fourth-order valence-corrected chi connectivity index (χ4v) is 3.83. The van der Waals surface area contributed by atoms with Gasteiger partial charge < -0.3 is 24.1 Å². The fourth-order valence-electron chi connectivity index (χ4n) is 2.87. The van der Waals surface area contributed by atoms with Crippen LogP contribution in [0, 0.1) is 6.92 Å². The molecule has 0 atom stereocenters. The second kappa shape index (κ2) is 7.71. The molecule has 1 amide bonds. The van der Waals surface area contributed by atoms with Crippen molar-refractivity contribution in [2.24, 2.45) is 0 Å². The summed E-state index contributed by atoms with van der Waals surface area (Å²) in [6, 6.07) is 8.82. The summed E-state index contributed by atoms with van der Waals surface area (Å²) >= 11 is 1.56. The van der Waals surface area contributed by atoms with E-state index >= 15 is 0 Å². The lowest BCUT2D eigenvalue weighted by Crippen LogP contribution is -2.21. The zero-order chi connectivity index (χ0) is 19.6. The average Bonchev–Trinajstić information content (AvgIpc) is 3.18. The van der Waals surface area contributed by atoms with Gasteiger partial charge in [-0.1, -0.05) is 0 Å². The lowest BCUT2D eigenvalue weighted by Gasteiger charge is -2.12. The Labute approximate surface area is 160 Å². The van der Waals surface area contributed by atoms with Crippen molar-refractivity contribution in [1.82, 2.24) is 4.57 Å². The molecule has 0 spiro atoms. The monoisotopic (exact) mass is 388 g/mol. The van der Waals surface area contributed by atoms with E-state index in [4.69, 9.17) is 14.2 Å². The minimum atomic E-state index is -0.477. The van der Waals surface area contributed by atoms with Crippen LogP contribution in [-0.2, 0) is 16.1 Å². The number of nitrogens with zero attached hydrogens (tertiary/aromatic N) is 1. The molecule has 8 heteroatoms. The van der Waals surface area contributed by atoms with E-state index in [9.17, 15) is 9.59 Å². The molecule has 27 heavy (non-hydrogen) atoms. The summed E-state index contributed by atoms with van der Waals surface area (Å²) in [5, 5.41) is 2.82. The summed E-state index contributed by atoms with van der Waals surface area (Å²) in [6.07, 6.45) is 0. The molecular weight excluding hydrogens is 368 g/mol. The molecule has 0 aliphatic rings. The maximum Gasteiger partial charge on any atom is 0.354 e. The normalized spacial score (nSPS) is 10.7. The predicted octanol–water partition coefficient (Wildman–Crippen LogP) is 3.45. The highest BCUT2D eigenvalue weighted by Gasteiger charge is 2.20. The van der Waals surface area contributed by atoms with E-state index in [0.717, 1.165) is 15.1 Å². The summed E-state index contributed by atoms with van der Waals surface area (Å²) < 4.78 is 17.9. The summed E-state index contributed by atoms with van der Waals surface area (Å²) in [5.74, 6) is 0.343. The number of nitrogens with one attached hydrogen (secondary N) is 1. The van der Waals surface area contributed by atoms with E-state index in [0.29, 0.717) is 22.9 Å². The molecule has 0 saturated heterocycles. The van der Waals surface area contributed by atoms with Gasteiger partial charge in [0.25, 0.3) is 0 Å². The van der Waals surface area contributed by atoms with Crippen LogP contribution in [0.5, 0.6) is 11.5 Å². The molecule has 2 heterocycles. The highest BCUT2D eigenvalue weighted by molar-refractivity contribution is 7.19. The third kappa shape index (κ3) is 3.75. The molecule has 2 aromatic heterocycles. The van der Waals surface area contributed by atoms with Crippen molar-refractivity contribution in [3.63, 3.8) is 0 Å². The van der Waals surface area contributed by atoms with Crippen LogP contribution in [0.4, 0.5) is 5.69 Å². The number of thiophene rings is 1. The Hall–Kier alpha value is -3.00. The number of carbonyl (C=O) groups is 2. The number of anilines is 1. The molecule has 0 unspecified atom stereocenters. The van der Waals surface area contributed by atoms with Crippen molar-refractivity contribution in [3.05, 3.63) is 40.9 Å². The standard InChI is InChI=1S/C19H20N2O5S/c1-11-7-13-17(27-11)9-14(19(23)26-4)21(13)10-18(22)20-12-5-6-15(24-2)16(8-12)25-3/h5-9H,10H2,1-4H3,(H,20,22). The summed E-state index contributed by atoms with van der Waals surface area (Å²) in [7, 11) is 4.40. The van der Waals surface area contributed by atoms with Crippen molar-refractivity contribution >= 4 is 39.1 Å². The number of carbonyl (C=O) groups excluding carboxylic acids is 2. The number of esters is 1. The molecular formula is C19H20N2O5S. The smallest absolute Gasteiger partial charge is 0.354 e. The Morgan fingerprint density at radius 1 is 1.07 bits per heavy atom. The molecule has 0 bridgehead atoms. The molecule has 0 aliphatic carbocycles. The molecule has 7 nitrogen and oxygen atoms in total. The summed E-state index contributed by atoms with van der Waals surface area (Å²) in [6.45, 7) is 1.97.